The summed E-state index contributed by atoms with van der Waals surface area (Å²) in [7, 11) is 0. The topological polar surface area (TPSA) is 32.7 Å². The lowest BCUT2D eigenvalue weighted by atomic mass is 9.83. The Bertz CT molecular complexity index is 413. The highest BCUT2D eigenvalue weighted by Gasteiger charge is 2.44. The molecule has 1 N–H and O–H groups in total. The van der Waals surface area contributed by atoms with Crippen molar-refractivity contribution in [1.82, 2.24) is 4.90 Å². The van der Waals surface area contributed by atoms with Crippen molar-refractivity contribution in [1.29, 1.82) is 0 Å². The Hall–Kier alpha value is -1.06. The maximum atomic E-state index is 10.2. The molecule has 1 aromatic rings. The van der Waals surface area contributed by atoms with E-state index in [2.05, 4.69) is 30.9 Å². The summed E-state index contributed by atoms with van der Waals surface area (Å²) < 4.78 is 5.92. The van der Waals surface area contributed by atoms with Crippen LogP contribution in [0.1, 0.15) is 19.4 Å². The van der Waals surface area contributed by atoms with Crippen LogP contribution in [0.2, 0.25) is 0 Å². The van der Waals surface area contributed by atoms with Gasteiger partial charge in [-0.15, -0.1) is 0 Å². The van der Waals surface area contributed by atoms with Gasteiger partial charge in [-0.2, -0.15) is 0 Å². The fraction of sp³-hybridized carbons (Fsp3) is 0.600. The molecule has 98 valence electrons. The molecule has 1 unspecified atom stereocenters. The fourth-order valence-corrected chi connectivity index (χ4v) is 2.87. The number of β-amino-alcohol motifs (C(OH)–C–C–N with tert-alkyl or cyclic N) is 1. The lowest BCUT2D eigenvalue weighted by Gasteiger charge is -2.49. The summed E-state index contributed by atoms with van der Waals surface area (Å²) >= 11 is 0. The normalized spacial score (nSPS) is 25.7. The summed E-state index contributed by atoms with van der Waals surface area (Å²) in [5, 5.41) is 10.2. The third-order valence-corrected chi connectivity index (χ3v) is 4.25. The van der Waals surface area contributed by atoms with Crippen molar-refractivity contribution < 1.29 is 9.84 Å². The average molecular weight is 247 g/mol. The van der Waals surface area contributed by atoms with Gasteiger partial charge in [-0.1, -0.05) is 32.0 Å². The van der Waals surface area contributed by atoms with Gasteiger partial charge in [0, 0.05) is 26.1 Å². The maximum Gasteiger partial charge on any atom is 0.123 e. The third-order valence-electron chi connectivity index (χ3n) is 4.25. The zero-order valence-electron chi connectivity index (χ0n) is 11.1. The molecule has 1 fully saturated rings. The van der Waals surface area contributed by atoms with Crippen LogP contribution >= 0.6 is 0 Å². The van der Waals surface area contributed by atoms with Gasteiger partial charge in [0.15, 0.2) is 0 Å². The van der Waals surface area contributed by atoms with E-state index in [0.29, 0.717) is 5.92 Å². The lowest BCUT2D eigenvalue weighted by Crippen LogP contribution is -2.65. The van der Waals surface area contributed by atoms with E-state index in [0.717, 1.165) is 31.8 Å². The van der Waals surface area contributed by atoms with Crippen LogP contribution < -0.4 is 4.74 Å². The van der Waals surface area contributed by atoms with Crippen LogP contribution in [0.5, 0.6) is 5.75 Å². The zero-order valence-corrected chi connectivity index (χ0v) is 11.1. The van der Waals surface area contributed by atoms with Gasteiger partial charge in [-0.05, 0) is 17.5 Å². The molecule has 0 aliphatic carbocycles. The van der Waals surface area contributed by atoms with Crippen molar-refractivity contribution in [2.24, 2.45) is 5.92 Å². The zero-order chi connectivity index (χ0) is 12.8. The molecule has 18 heavy (non-hydrogen) atoms. The first-order valence-corrected chi connectivity index (χ1v) is 6.76. The lowest BCUT2D eigenvalue weighted by molar-refractivity contribution is -0.133. The predicted molar refractivity (Wildman–Crippen MR) is 70.8 cm³/mol. The van der Waals surface area contributed by atoms with Crippen LogP contribution in [0.25, 0.3) is 0 Å². The number of fused-ring (bicyclic) bond motifs is 1. The second kappa shape index (κ2) is 4.25. The number of rotatable bonds is 3. The van der Waals surface area contributed by atoms with Gasteiger partial charge in [-0.3, -0.25) is 4.90 Å². The van der Waals surface area contributed by atoms with Crippen molar-refractivity contribution in [2.45, 2.75) is 32.0 Å². The van der Waals surface area contributed by atoms with Crippen LogP contribution in [-0.4, -0.2) is 41.3 Å². The standard InChI is InChI=1S/C15H21NO2/c1-11(2)15(17)9-16(10-15)8-13-7-12-5-3-4-6-14(12)18-13/h3-6,11,13,17H,7-10H2,1-2H3. The minimum absolute atomic E-state index is 0.249. The molecule has 0 aromatic heterocycles. The smallest absolute Gasteiger partial charge is 0.123 e. The van der Waals surface area contributed by atoms with Gasteiger partial charge in [0.25, 0.3) is 0 Å². The van der Waals surface area contributed by atoms with Crippen LogP contribution in [-0.2, 0) is 6.42 Å². The minimum atomic E-state index is -0.481. The molecule has 1 atom stereocenters. The monoisotopic (exact) mass is 247 g/mol. The summed E-state index contributed by atoms with van der Waals surface area (Å²) in [6, 6.07) is 8.25. The minimum Gasteiger partial charge on any atom is -0.488 e. The van der Waals surface area contributed by atoms with Crippen molar-refractivity contribution in [3.63, 3.8) is 0 Å². The molecule has 0 bridgehead atoms. The number of nitrogens with zero attached hydrogens (tertiary/aromatic N) is 1. The van der Waals surface area contributed by atoms with E-state index >= 15 is 0 Å². The molecule has 1 saturated heterocycles. The van der Waals surface area contributed by atoms with E-state index in [4.69, 9.17) is 4.74 Å². The number of hydrogen-bond donors (Lipinski definition) is 1. The van der Waals surface area contributed by atoms with E-state index in [1.54, 1.807) is 0 Å². The number of para-hydroxylation sites is 1. The quantitative estimate of drug-likeness (QED) is 0.882. The largest absolute Gasteiger partial charge is 0.488 e. The highest BCUT2D eigenvalue weighted by Crippen LogP contribution is 2.32. The summed E-state index contributed by atoms with van der Waals surface area (Å²) in [6.07, 6.45) is 1.24. The molecule has 3 heteroatoms. The Morgan fingerprint density at radius 2 is 2.11 bits per heavy atom. The Morgan fingerprint density at radius 3 is 2.78 bits per heavy atom. The number of benzene rings is 1. The van der Waals surface area contributed by atoms with Crippen LogP contribution in [0.15, 0.2) is 24.3 Å². The molecule has 0 radical (unpaired) electrons. The Balaban J connectivity index is 1.53. The summed E-state index contributed by atoms with van der Waals surface area (Å²) in [4.78, 5) is 2.29. The van der Waals surface area contributed by atoms with Crippen molar-refractivity contribution in [3.8, 4) is 5.75 Å². The molecule has 2 aliphatic heterocycles. The van der Waals surface area contributed by atoms with Crippen LogP contribution in [0.4, 0.5) is 0 Å². The Morgan fingerprint density at radius 1 is 1.39 bits per heavy atom. The van der Waals surface area contributed by atoms with E-state index in [9.17, 15) is 5.11 Å². The first kappa shape index (κ1) is 12.0. The molecule has 2 aliphatic rings. The SMILES string of the molecule is CC(C)C1(O)CN(CC2Cc3ccccc3O2)C1. The van der Waals surface area contributed by atoms with Gasteiger partial charge < -0.3 is 9.84 Å². The summed E-state index contributed by atoms with van der Waals surface area (Å²) in [6.45, 7) is 6.64. The number of aliphatic hydroxyl groups is 1. The second-order valence-electron chi connectivity index (χ2n) is 5.98. The van der Waals surface area contributed by atoms with Crippen LogP contribution in [0.3, 0.4) is 0 Å². The van der Waals surface area contributed by atoms with Gasteiger partial charge in [0.1, 0.15) is 11.9 Å². The van der Waals surface area contributed by atoms with Gasteiger partial charge in [0.05, 0.1) is 5.60 Å². The fourth-order valence-electron chi connectivity index (χ4n) is 2.87. The second-order valence-corrected chi connectivity index (χ2v) is 5.98. The predicted octanol–water partition coefficient (Wildman–Crippen LogP) is 1.69. The summed E-state index contributed by atoms with van der Waals surface area (Å²) in [5.41, 5.74) is 0.827. The van der Waals surface area contributed by atoms with Crippen molar-refractivity contribution in [3.05, 3.63) is 29.8 Å². The van der Waals surface area contributed by atoms with E-state index in [-0.39, 0.29) is 6.10 Å². The Kier molecular flexibility index (Phi) is 2.83. The molecule has 3 nitrogen and oxygen atoms in total. The Labute approximate surface area is 108 Å². The molecule has 0 spiro atoms. The van der Waals surface area contributed by atoms with E-state index in [1.807, 2.05) is 12.1 Å². The molecule has 0 saturated carbocycles. The third kappa shape index (κ3) is 2.02. The average Bonchev–Trinajstić information content (AvgIpc) is 2.68. The van der Waals surface area contributed by atoms with Crippen molar-refractivity contribution in [2.75, 3.05) is 19.6 Å². The molecule has 3 rings (SSSR count). The number of hydrogen-bond acceptors (Lipinski definition) is 3. The number of likely N-dealkylation sites (tertiary alicyclic amines) is 1. The first-order valence-electron chi connectivity index (χ1n) is 6.76. The molecule has 2 heterocycles. The molecule has 1 aromatic carbocycles. The highest BCUT2D eigenvalue weighted by atomic mass is 16.5. The van der Waals surface area contributed by atoms with Gasteiger partial charge in [0.2, 0.25) is 0 Å². The summed E-state index contributed by atoms with van der Waals surface area (Å²) in [5.74, 6) is 1.36. The maximum absolute atomic E-state index is 10.2. The molecular formula is C15H21NO2. The van der Waals surface area contributed by atoms with Gasteiger partial charge >= 0.3 is 0 Å². The highest BCUT2D eigenvalue weighted by molar-refractivity contribution is 5.37. The van der Waals surface area contributed by atoms with E-state index in [1.165, 1.54) is 5.56 Å². The molecular weight excluding hydrogens is 226 g/mol. The van der Waals surface area contributed by atoms with Gasteiger partial charge in [-0.25, -0.2) is 0 Å². The first-order chi connectivity index (χ1) is 8.57. The van der Waals surface area contributed by atoms with E-state index < -0.39 is 5.60 Å². The number of ether oxygens (including phenoxy) is 1. The van der Waals surface area contributed by atoms with Crippen LogP contribution in [0, 0.1) is 5.92 Å². The molecule has 0 amide bonds. The van der Waals surface area contributed by atoms with Crippen molar-refractivity contribution >= 4 is 0 Å².